The molecule has 0 amide bonds. The maximum absolute atomic E-state index is 5.33. The van der Waals surface area contributed by atoms with E-state index >= 15 is 0 Å². The summed E-state index contributed by atoms with van der Waals surface area (Å²) in [6.07, 6.45) is 7.16. The summed E-state index contributed by atoms with van der Waals surface area (Å²) < 4.78 is 5.33. The molecule has 0 rings (SSSR count). The van der Waals surface area contributed by atoms with E-state index in [1.54, 1.807) is 0 Å². The minimum atomic E-state index is 0.755. The van der Waals surface area contributed by atoms with Crippen LogP contribution in [0.5, 0.6) is 0 Å². The Kier molecular flexibility index (Phi) is 8.46. The second-order valence-corrected chi connectivity index (χ2v) is 3.21. The monoisotopic (exact) mass is 186 g/mol. The number of hydrogen-bond donors (Lipinski definition) is 0. The normalized spacial score (nSPS) is 9.42. The van der Waals surface area contributed by atoms with Crippen molar-refractivity contribution < 1.29 is 4.74 Å². The van der Waals surface area contributed by atoms with E-state index in [-0.39, 0.29) is 0 Å². The zero-order valence-electron chi connectivity index (χ0n) is 7.84. The second-order valence-electron chi connectivity index (χ2n) is 2.75. The lowest BCUT2D eigenvalue weighted by atomic mass is 10.2. The number of thiocarbonyl (C=S) groups is 1. The second kappa shape index (κ2) is 8.72. The SMILES string of the molecule is C=CCCCC(=S)OCCCC. The highest BCUT2D eigenvalue weighted by Gasteiger charge is 1.95. The van der Waals surface area contributed by atoms with Crippen molar-refractivity contribution in [1.29, 1.82) is 0 Å². The van der Waals surface area contributed by atoms with Gasteiger partial charge < -0.3 is 4.74 Å². The van der Waals surface area contributed by atoms with Crippen molar-refractivity contribution in [2.24, 2.45) is 0 Å². The maximum Gasteiger partial charge on any atom is 0.159 e. The largest absolute Gasteiger partial charge is 0.487 e. The standard InChI is InChI=1S/C10H18OS/c1-3-5-7-8-10(12)11-9-6-4-2/h3H,1,4-9H2,2H3. The average molecular weight is 186 g/mol. The molecule has 0 bridgehead atoms. The molecule has 70 valence electrons. The first kappa shape index (κ1) is 11.6. The number of allylic oxidation sites excluding steroid dienone is 1. The van der Waals surface area contributed by atoms with Crippen molar-refractivity contribution in [3.05, 3.63) is 12.7 Å². The summed E-state index contributed by atoms with van der Waals surface area (Å²) in [5.74, 6) is 0. The molecule has 0 unspecified atom stereocenters. The van der Waals surface area contributed by atoms with Crippen LogP contribution in [0, 0.1) is 0 Å². The fourth-order valence-electron chi connectivity index (χ4n) is 0.793. The van der Waals surface area contributed by atoms with Gasteiger partial charge in [0.1, 0.15) is 0 Å². The molecule has 2 heteroatoms. The van der Waals surface area contributed by atoms with E-state index in [0.717, 1.165) is 43.8 Å². The third-order valence-electron chi connectivity index (χ3n) is 1.55. The lowest BCUT2D eigenvalue weighted by Crippen LogP contribution is -2.02. The van der Waals surface area contributed by atoms with Gasteiger partial charge in [0.25, 0.3) is 0 Å². The van der Waals surface area contributed by atoms with Crippen molar-refractivity contribution in [3.63, 3.8) is 0 Å². The summed E-state index contributed by atoms with van der Waals surface area (Å²) in [6.45, 7) is 6.57. The Morgan fingerprint density at radius 2 is 2.25 bits per heavy atom. The Bertz CT molecular complexity index is 132. The molecule has 1 nitrogen and oxygen atoms in total. The van der Waals surface area contributed by atoms with Crippen LogP contribution in [-0.4, -0.2) is 11.7 Å². The summed E-state index contributed by atoms with van der Waals surface area (Å²) in [5.41, 5.74) is 0. The van der Waals surface area contributed by atoms with Crippen LogP contribution >= 0.6 is 12.2 Å². The third-order valence-corrected chi connectivity index (χ3v) is 1.87. The van der Waals surface area contributed by atoms with E-state index in [4.69, 9.17) is 17.0 Å². The van der Waals surface area contributed by atoms with Gasteiger partial charge in [0.05, 0.1) is 6.61 Å². The van der Waals surface area contributed by atoms with Gasteiger partial charge in [-0.25, -0.2) is 0 Å². The summed E-state index contributed by atoms with van der Waals surface area (Å²) >= 11 is 5.02. The van der Waals surface area contributed by atoms with Gasteiger partial charge in [-0.3, -0.25) is 0 Å². The lowest BCUT2D eigenvalue weighted by Gasteiger charge is -2.05. The Labute approximate surface area is 80.8 Å². The zero-order valence-corrected chi connectivity index (χ0v) is 8.66. The Morgan fingerprint density at radius 3 is 2.83 bits per heavy atom. The number of ether oxygens (including phenoxy) is 1. The molecular formula is C10H18OS. The first-order valence-corrected chi connectivity index (χ1v) is 4.98. The predicted octanol–water partition coefficient (Wildman–Crippen LogP) is 3.49. The van der Waals surface area contributed by atoms with Crippen molar-refractivity contribution in [2.75, 3.05) is 6.61 Å². The molecule has 0 aliphatic carbocycles. The van der Waals surface area contributed by atoms with Gasteiger partial charge >= 0.3 is 0 Å². The van der Waals surface area contributed by atoms with Crippen LogP contribution in [0.25, 0.3) is 0 Å². The summed E-state index contributed by atoms with van der Waals surface area (Å²) in [7, 11) is 0. The Balaban J connectivity index is 3.15. The van der Waals surface area contributed by atoms with Crippen molar-refractivity contribution in [3.8, 4) is 0 Å². The minimum absolute atomic E-state index is 0.755. The summed E-state index contributed by atoms with van der Waals surface area (Å²) in [4.78, 5) is 0. The van der Waals surface area contributed by atoms with Crippen molar-refractivity contribution >= 4 is 17.3 Å². The third kappa shape index (κ3) is 7.73. The van der Waals surface area contributed by atoms with E-state index in [1.807, 2.05) is 6.08 Å². The fraction of sp³-hybridized carbons (Fsp3) is 0.700. The van der Waals surface area contributed by atoms with Crippen LogP contribution in [0.1, 0.15) is 39.0 Å². The molecular weight excluding hydrogens is 168 g/mol. The van der Waals surface area contributed by atoms with E-state index in [2.05, 4.69) is 13.5 Å². The molecule has 0 aromatic carbocycles. The molecule has 0 atom stereocenters. The van der Waals surface area contributed by atoms with Gasteiger partial charge in [-0.15, -0.1) is 6.58 Å². The molecule has 0 spiro atoms. The van der Waals surface area contributed by atoms with Crippen molar-refractivity contribution in [2.45, 2.75) is 39.0 Å². The lowest BCUT2D eigenvalue weighted by molar-refractivity contribution is 0.296. The number of rotatable bonds is 7. The molecule has 0 N–H and O–H groups in total. The number of hydrogen-bond acceptors (Lipinski definition) is 2. The van der Waals surface area contributed by atoms with Crippen LogP contribution in [0.4, 0.5) is 0 Å². The molecule has 0 aliphatic heterocycles. The highest BCUT2D eigenvalue weighted by molar-refractivity contribution is 7.80. The van der Waals surface area contributed by atoms with E-state index in [9.17, 15) is 0 Å². The van der Waals surface area contributed by atoms with Gasteiger partial charge in [-0.1, -0.05) is 19.4 Å². The van der Waals surface area contributed by atoms with Crippen LogP contribution in [0.15, 0.2) is 12.7 Å². The van der Waals surface area contributed by atoms with Gasteiger partial charge in [0, 0.05) is 6.42 Å². The predicted molar refractivity (Wildman–Crippen MR) is 57.5 cm³/mol. The van der Waals surface area contributed by atoms with E-state index < -0.39 is 0 Å². The Hall–Kier alpha value is -0.370. The fourth-order valence-corrected chi connectivity index (χ4v) is 1.02. The number of unbranched alkanes of at least 4 members (excludes halogenated alkanes) is 2. The molecule has 0 heterocycles. The quantitative estimate of drug-likeness (QED) is 0.342. The minimum Gasteiger partial charge on any atom is -0.487 e. The highest BCUT2D eigenvalue weighted by atomic mass is 32.1. The van der Waals surface area contributed by atoms with Gasteiger partial charge in [0.2, 0.25) is 0 Å². The molecule has 12 heavy (non-hydrogen) atoms. The summed E-state index contributed by atoms with van der Waals surface area (Å²) in [5, 5.41) is 0.755. The van der Waals surface area contributed by atoms with E-state index in [0.29, 0.717) is 0 Å². The van der Waals surface area contributed by atoms with Crippen molar-refractivity contribution in [1.82, 2.24) is 0 Å². The molecule has 0 saturated heterocycles. The Morgan fingerprint density at radius 1 is 1.50 bits per heavy atom. The zero-order chi connectivity index (χ0) is 9.23. The van der Waals surface area contributed by atoms with Gasteiger partial charge in [-0.2, -0.15) is 0 Å². The molecule has 0 aromatic heterocycles. The van der Waals surface area contributed by atoms with Gasteiger partial charge in [-0.05, 0) is 31.5 Å². The van der Waals surface area contributed by atoms with Crippen LogP contribution in [0.3, 0.4) is 0 Å². The smallest absolute Gasteiger partial charge is 0.159 e. The van der Waals surface area contributed by atoms with Gasteiger partial charge in [0.15, 0.2) is 5.05 Å². The molecule has 0 radical (unpaired) electrons. The van der Waals surface area contributed by atoms with Crippen LogP contribution < -0.4 is 0 Å². The van der Waals surface area contributed by atoms with E-state index in [1.165, 1.54) is 0 Å². The molecule has 0 aliphatic rings. The first-order valence-electron chi connectivity index (χ1n) is 4.57. The average Bonchev–Trinajstić information content (AvgIpc) is 2.06. The van der Waals surface area contributed by atoms with Crippen LogP contribution in [0.2, 0.25) is 0 Å². The molecule has 0 saturated carbocycles. The summed E-state index contributed by atoms with van der Waals surface area (Å²) in [6, 6.07) is 0. The topological polar surface area (TPSA) is 9.23 Å². The molecule has 0 fully saturated rings. The molecule has 0 aromatic rings. The first-order chi connectivity index (χ1) is 5.81. The maximum atomic E-state index is 5.33. The van der Waals surface area contributed by atoms with Crippen LogP contribution in [-0.2, 0) is 4.74 Å². The highest BCUT2D eigenvalue weighted by Crippen LogP contribution is 2.00.